The largest absolute Gasteiger partial charge is 0.480 e. The summed E-state index contributed by atoms with van der Waals surface area (Å²) in [5.74, 6) is -3.37. The van der Waals surface area contributed by atoms with Crippen molar-refractivity contribution in [1.29, 1.82) is 0 Å². The zero-order valence-electron chi connectivity index (χ0n) is 23.6. The zero-order valence-corrected chi connectivity index (χ0v) is 25.9. The number of carbonyl (C=O) groups excluding carboxylic acids is 3. The number of sulfone groups is 1. The Labute approximate surface area is 267 Å². The highest BCUT2D eigenvalue weighted by Crippen LogP contribution is 2.31. The number of nitrogens with one attached hydrogen (secondary N) is 5. The summed E-state index contributed by atoms with van der Waals surface area (Å²) in [5, 5.41) is 22.2. The average Bonchev–Trinajstić information content (AvgIpc) is 2.98. The van der Waals surface area contributed by atoms with Gasteiger partial charge in [0.25, 0.3) is 11.8 Å². The van der Waals surface area contributed by atoms with E-state index in [4.69, 9.17) is 23.2 Å². The van der Waals surface area contributed by atoms with Crippen molar-refractivity contribution in [3.05, 3.63) is 57.6 Å². The van der Waals surface area contributed by atoms with E-state index in [2.05, 4.69) is 31.6 Å². The van der Waals surface area contributed by atoms with E-state index in [0.717, 1.165) is 0 Å². The lowest BCUT2D eigenvalue weighted by molar-refractivity contribution is -0.139. The Morgan fingerprint density at radius 1 is 1.07 bits per heavy atom. The molecule has 0 spiro atoms. The fourth-order valence-corrected chi connectivity index (χ4v) is 6.23. The Hall–Kier alpha value is -4.15. The molecule has 6 N–H and O–H groups in total. The van der Waals surface area contributed by atoms with Gasteiger partial charge in [-0.05, 0) is 30.3 Å². The number of carbonyl (C=O) groups is 4. The molecule has 4 rings (SSSR count). The molecule has 2 aromatic carbocycles. The van der Waals surface area contributed by atoms with Crippen molar-refractivity contribution >= 4 is 74.1 Å². The molecule has 0 bridgehead atoms. The zero-order chi connectivity index (χ0) is 32.7. The topological polar surface area (TPSA) is 198 Å². The molecule has 45 heavy (non-hydrogen) atoms. The summed E-state index contributed by atoms with van der Waals surface area (Å²) in [4.78, 5) is 55.5. The fourth-order valence-electron chi connectivity index (χ4n) is 4.38. The molecule has 0 radical (unpaired) electrons. The van der Waals surface area contributed by atoms with Gasteiger partial charge in [0.05, 0.1) is 46.7 Å². The van der Waals surface area contributed by atoms with E-state index < -0.39 is 58.8 Å². The van der Waals surface area contributed by atoms with Crippen LogP contribution in [-0.4, -0.2) is 106 Å². The summed E-state index contributed by atoms with van der Waals surface area (Å²) < 4.78 is 36.7. The number of hydrogen-bond donors (Lipinski definition) is 6. The Morgan fingerprint density at radius 3 is 2.38 bits per heavy atom. The highest BCUT2D eigenvalue weighted by molar-refractivity contribution is 7.91. The van der Waals surface area contributed by atoms with Crippen molar-refractivity contribution in [3.8, 4) is 0 Å². The minimum atomic E-state index is -3.12. The molecule has 242 valence electrons. The second kappa shape index (κ2) is 14.8. The molecule has 0 aromatic heterocycles. The van der Waals surface area contributed by atoms with Crippen LogP contribution >= 0.6 is 23.2 Å². The van der Waals surface area contributed by atoms with E-state index in [0.29, 0.717) is 17.3 Å². The molecule has 0 aliphatic carbocycles. The molecular formula is C27H30Cl2FN7O7S. The number of halogens is 3. The summed E-state index contributed by atoms with van der Waals surface area (Å²) in [7, 11) is -3.12. The molecule has 2 unspecified atom stereocenters. The molecule has 2 aliphatic rings. The number of rotatable bonds is 10. The number of nitrogens with zero attached hydrogens (tertiary/aromatic N) is 2. The molecule has 2 aromatic rings. The maximum atomic E-state index is 13.2. The summed E-state index contributed by atoms with van der Waals surface area (Å²) >= 11 is 12.6. The van der Waals surface area contributed by atoms with E-state index in [1.807, 2.05) is 0 Å². The minimum absolute atomic E-state index is 0.0156. The van der Waals surface area contributed by atoms with Crippen LogP contribution in [0.1, 0.15) is 20.7 Å². The highest BCUT2D eigenvalue weighted by Gasteiger charge is 2.27. The van der Waals surface area contributed by atoms with Gasteiger partial charge in [-0.25, -0.2) is 22.6 Å². The Morgan fingerprint density at radius 2 is 1.76 bits per heavy atom. The standard InChI is InChI=1S/C27H30Cl2FN7O7S/c28-19-9-18(37-4-6-45(43,44)7-5-37)10-20(29)23(19)25(40)36-21(26(41)42)13-31-22(38)14-32-24(39)15-2-1-3-17(8-15)35-27-33-11-16(30)12-34-27/h1-3,8-10,16,21H,4-7,11-14H2,(H,31,38)(H,32,39)(H,36,40)(H,41,42)(H2,33,34,35). The first-order valence-corrected chi connectivity index (χ1v) is 16.2. The lowest BCUT2D eigenvalue weighted by Gasteiger charge is -2.29. The lowest BCUT2D eigenvalue weighted by atomic mass is 10.1. The SMILES string of the molecule is O=C(CNC(=O)c1cccc(NC2=NCC(F)CN2)c1)NCC(NC(=O)c1c(Cl)cc(N2CCS(=O)(=O)CC2)cc1Cl)C(=O)O. The molecule has 2 atom stereocenters. The van der Waals surface area contributed by atoms with Gasteiger partial charge in [-0.15, -0.1) is 0 Å². The second-order valence-electron chi connectivity index (χ2n) is 10.1. The number of aliphatic carboxylic acids is 1. The third-order valence-corrected chi connectivity index (χ3v) is 9.01. The number of carboxylic acids is 1. The van der Waals surface area contributed by atoms with Crippen LogP contribution in [0.3, 0.4) is 0 Å². The molecule has 1 saturated heterocycles. The van der Waals surface area contributed by atoms with E-state index in [9.17, 15) is 37.1 Å². The summed E-state index contributed by atoms with van der Waals surface area (Å²) in [6, 6.07) is 7.61. The van der Waals surface area contributed by atoms with Gasteiger partial charge >= 0.3 is 5.97 Å². The van der Waals surface area contributed by atoms with Crippen molar-refractivity contribution < 1.29 is 37.1 Å². The molecule has 2 heterocycles. The highest BCUT2D eigenvalue weighted by atomic mass is 35.5. The molecule has 0 saturated carbocycles. The molecule has 2 aliphatic heterocycles. The molecule has 1 fully saturated rings. The van der Waals surface area contributed by atoms with Gasteiger partial charge in [0.15, 0.2) is 15.8 Å². The van der Waals surface area contributed by atoms with E-state index in [1.165, 1.54) is 24.3 Å². The van der Waals surface area contributed by atoms with Crippen LogP contribution in [0.4, 0.5) is 15.8 Å². The van der Waals surface area contributed by atoms with Crippen molar-refractivity contribution in [2.75, 3.05) is 61.0 Å². The predicted molar refractivity (Wildman–Crippen MR) is 167 cm³/mol. The van der Waals surface area contributed by atoms with Gasteiger partial charge in [-0.1, -0.05) is 29.3 Å². The number of aliphatic imine (C=N–C) groups is 1. The third-order valence-electron chi connectivity index (χ3n) is 6.81. The maximum Gasteiger partial charge on any atom is 0.328 e. The lowest BCUT2D eigenvalue weighted by Crippen LogP contribution is -2.50. The van der Waals surface area contributed by atoms with Crippen LogP contribution in [-0.2, 0) is 19.4 Å². The number of anilines is 2. The van der Waals surface area contributed by atoms with Crippen LogP contribution in [0.2, 0.25) is 10.0 Å². The number of hydrogen-bond acceptors (Lipinski definition) is 10. The number of carboxylic acid groups (broad SMARTS) is 1. The normalized spacial score (nSPS) is 18.1. The Kier molecular flexibility index (Phi) is 11.1. The van der Waals surface area contributed by atoms with E-state index in [-0.39, 0.29) is 58.9 Å². The summed E-state index contributed by atoms with van der Waals surface area (Å²) in [6.45, 7) is -0.427. The van der Waals surface area contributed by atoms with Crippen LogP contribution in [0.15, 0.2) is 41.4 Å². The minimum Gasteiger partial charge on any atom is -0.480 e. The number of guanidine groups is 1. The van der Waals surface area contributed by atoms with Crippen molar-refractivity contribution in [3.63, 3.8) is 0 Å². The van der Waals surface area contributed by atoms with Gasteiger partial charge in [-0.2, -0.15) is 0 Å². The van der Waals surface area contributed by atoms with Crippen molar-refractivity contribution in [1.82, 2.24) is 21.3 Å². The Balaban J connectivity index is 1.28. The van der Waals surface area contributed by atoms with Gasteiger partial charge in [0.1, 0.15) is 12.2 Å². The monoisotopic (exact) mass is 685 g/mol. The quantitative estimate of drug-likeness (QED) is 0.207. The van der Waals surface area contributed by atoms with Crippen LogP contribution in [0.25, 0.3) is 0 Å². The van der Waals surface area contributed by atoms with Gasteiger partial charge in [-0.3, -0.25) is 14.4 Å². The second-order valence-corrected chi connectivity index (χ2v) is 13.3. The van der Waals surface area contributed by atoms with Crippen LogP contribution < -0.4 is 31.5 Å². The van der Waals surface area contributed by atoms with Crippen LogP contribution in [0, 0.1) is 0 Å². The van der Waals surface area contributed by atoms with Gasteiger partial charge < -0.3 is 36.6 Å². The summed E-state index contributed by atoms with van der Waals surface area (Å²) in [5.41, 5.74) is 1.04. The number of benzene rings is 2. The van der Waals surface area contributed by atoms with E-state index in [1.54, 1.807) is 17.0 Å². The Bertz CT molecular complexity index is 1590. The number of amides is 3. The summed E-state index contributed by atoms with van der Waals surface area (Å²) in [6.07, 6.45) is -1.08. The first-order valence-electron chi connectivity index (χ1n) is 13.6. The van der Waals surface area contributed by atoms with Crippen molar-refractivity contribution in [2.45, 2.75) is 12.2 Å². The van der Waals surface area contributed by atoms with Gasteiger partial charge in [0, 0.05) is 36.6 Å². The average molecular weight is 687 g/mol. The first kappa shape index (κ1) is 33.7. The van der Waals surface area contributed by atoms with Gasteiger partial charge in [0.2, 0.25) is 5.91 Å². The smallest absolute Gasteiger partial charge is 0.328 e. The molecular weight excluding hydrogens is 656 g/mol. The maximum absolute atomic E-state index is 13.2. The molecule has 3 amide bonds. The molecule has 18 heteroatoms. The fraction of sp³-hybridized carbons (Fsp3) is 0.370. The number of alkyl halides is 1. The van der Waals surface area contributed by atoms with Crippen LogP contribution in [0.5, 0.6) is 0 Å². The first-order chi connectivity index (χ1) is 21.3. The molecule has 14 nitrogen and oxygen atoms in total. The van der Waals surface area contributed by atoms with Crippen molar-refractivity contribution in [2.24, 2.45) is 4.99 Å². The third kappa shape index (κ3) is 9.42. The predicted octanol–water partition coefficient (Wildman–Crippen LogP) is 0.667. The van der Waals surface area contributed by atoms with E-state index >= 15 is 0 Å².